The van der Waals surface area contributed by atoms with Gasteiger partial charge in [0.15, 0.2) is 0 Å². The maximum Gasteiger partial charge on any atom is 0.404 e. The molecule has 0 aromatic carbocycles. The van der Waals surface area contributed by atoms with Crippen LogP contribution in [0, 0.1) is 0 Å². The number of rotatable bonds is 5. The number of carbonyl (C=O) groups excluding carboxylic acids is 1. The third-order valence-corrected chi connectivity index (χ3v) is 0.929. The highest BCUT2D eigenvalue weighted by molar-refractivity contribution is 5.64. The van der Waals surface area contributed by atoms with Crippen molar-refractivity contribution in [1.82, 2.24) is 5.32 Å². The quantitative estimate of drug-likeness (QED) is 0.399. The molecular formula is C7H20N4O2. The Kier molecular flexibility index (Phi) is 15.5. The lowest BCUT2D eigenvalue weighted by atomic mass is 10.6. The summed E-state index contributed by atoms with van der Waals surface area (Å²) >= 11 is 0. The summed E-state index contributed by atoms with van der Waals surface area (Å²) in [5.74, 6) is 0. The summed E-state index contributed by atoms with van der Waals surface area (Å²) in [4.78, 5) is 9.60. The van der Waals surface area contributed by atoms with Crippen molar-refractivity contribution in [2.75, 3.05) is 32.8 Å². The molecule has 0 saturated heterocycles. The second-order valence-corrected chi connectivity index (χ2v) is 2.08. The monoisotopic (exact) mass is 192 g/mol. The number of hydrogen-bond donors (Lipinski definition) is 4. The van der Waals surface area contributed by atoms with Crippen LogP contribution in [0.1, 0.15) is 6.92 Å². The molecule has 7 N–H and O–H groups in total. The molecule has 0 spiro atoms. The first-order chi connectivity index (χ1) is 6.18. The zero-order valence-corrected chi connectivity index (χ0v) is 8.08. The van der Waals surface area contributed by atoms with Gasteiger partial charge in [0.05, 0.1) is 6.61 Å². The average molecular weight is 192 g/mol. The van der Waals surface area contributed by atoms with E-state index in [0.29, 0.717) is 19.7 Å². The first-order valence-electron chi connectivity index (χ1n) is 4.22. The van der Waals surface area contributed by atoms with Gasteiger partial charge in [0.25, 0.3) is 0 Å². The molecule has 0 saturated carbocycles. The first-order valence-corrected chi connectivity index (χ1v) is 4.22. The topological polar surface area (TPSA) is 116 Å². The first kappa shape index (κ1) is 14.7. The van der Waals surface area contributed by atoms with Gasteiger partial charge in [0.2, 0.25) is 0 Å². The minimum atomic E-state index is -0.711. The van der Waals surface area contributed by atoms with Gasteiger partial charge in [0.1, 0.15) is 0 Å². The summed E-state index contributed by atoms with van der Waals surface area (Å²) in [5, 5.41) is 3.03. The average Bonchev–Trinajstić information content (AvgIpc) is 2.06. The van der Waals surface area contributed by atoms with Crippen LogP contribution in [-0.4, -0.2) is 38.9 Å². The molecule has 13 heavy (non-hydrogen) atoms. The Hall–Kier alpha value is -0.850. The van der Waals surface area contributed by atoms with E-state index in [1.807, 2.05) is 0 Å². The normalized spacial score (nSPS) is 8.54. The van der Waals surface area contributed by atoms with Gasteiger partial charge in [-0.2, -0.15) is 0 Å². The van der Waals surface area contributed by atoms with E-state index in [0.717, 1.165) is 13.1 Å². The van der Waals surface area contributed by atoms with Crippen molar-refractivity contribution >= 4 is 6.09 Å². The predicted octanol–water partition coefficient (Wildman–Crippen LogP) is -1.40. The molecule has 0 aromatic rings. The zero-order chi connectivity index (χ0) is 10.5. The van der Waals surface area contributed by atoms with Crippen molar-refractivity contribution in [1.29, 1.82) is 0 Å². The number of amides is 1. The lowest BCUT2D eigenvalue weighted by Gasteiger charge is -1.95. The van der Waals surface area contributed by atoms with Crippen LogP contribution in [0.4, 0.5) is 4.79 Å². The molecule has 0 radical (unpaired) electrons. The van der Waals surface area contributed by atoms with Gasteiger partial charge in [0, 0.05) is 26.2 Å². The Morgan fingerprint density at radius 3 is 1.92 bits per heavy atom. The summed E-state index contributed by atoms with van der Waals surface area (Å²) in [7, 11) is 0. The third kappa shape index (κ3) is 24.7. The fraction of sp³-hybridized carbons (Fsp3) is 0.857. The van der Waals surface area contributed by atoms with Crippen molar-refractivity contribution in [2.24, 2.45) is 17.2 Å². The van der Waals surface area contributed by atoms with Crippen molar-refractivity contribution in [3.63, 3.8) is 0 Å². The van der Waals surface area contributed by atoms with E-state index in [1.54, 1.807) is 6.92 Å². The molecule has 0 fully saturated rings. The highest BCUT2D eigenvalue weighted by Crippen LogP contribution is 1.66. The zero-order valence-electron chi connectivity index (χ0n) is 8.08. The van der Waals surface area contributed by atoms with E-state index < -0.39 is 6.09 Å². The lowest BCUT2D eigenvalue weighted by Crippen LogP contribution is -2.27. The molecule has 0 aliphatic rings. The molecule has 0 atom stereocenters. The van der Waals surface area contributed by atoms with Crippen LogP contribution in [0.2, 0.25) is 0 Å². The van der Waals surface area contributed by atoms with Gasteiger partial charge in [-0.3, -0.25) is 0 Å². The van der Waals surface area contributed by atoms with Gasteiger partial charge < -0.3 is 27.3 Å². The Labute approximate surface area is 78.8 Å². The molecule has 0 bridgehead atoms. The van der Waals surface area contributed by atoms with E-state index in [2.05, 4.69) is 15.8 Å². The molecule has 0 aliphatic carbocycles. The van der Waals surface area contributed by atoms with Gasteiger partial charge in [-0.25, -0.2) is 4.79 Å². The molecule has 6 heteroatoms. The van der Waals surface area contributed by atoms with E-state index in [-0.39, 0.29) is 0 Å². The SMILES string of the molecule is CCOC(N)=O.NCCNCCN. The smallest absolute Gasteiger partial charge is 0.404 e. The lowest BCUT2D eigenvalue weighted by molar-refractivity contribution is 0.163. The van der Waals surface area contributed by atoms with Crippen LogP contribution < -0.4 is 22.5 Å². The van der Waals surface area contributed by atoms with Gasteiger partial charge in [-0.1, -0.05) is 0 Å². The summed E-state index contributed by atoms with van der Waals surface area (Å²) in [6.45, 7) is 5.19. The molecule has 0 rings (SSSR count). The maximum absolute atomic E-state index is 9.60. The van der Waals surface area contributed by atoms with Gasteiger partial charge in [-0.05, 0) is 6.92 Å². The van der Waals surface area contributed by atoms with Gasteiger partial charge in [-0.15, -0.1) is 0 Å². The highest BCUT2D eigenvalue weighted by Gasteiger charge is 1.82. The second kappa shape index (κ2) is 13.7. The molecular weight excluding hydrogens is 172 g/mol. The summed E-state index contributed by atoms with van der Waals surface area (Å²) in [5.41, 5.74) is 14.9. The van der Waals surface area contributed by atoms with E-state index in [9.17, 15) is 4.79 Å². The second-order valence-electron chi connectivity index (χ2n) is 2.08. The highest BCUT2D eigenvalue weighted by atomic mass is 16.5. The van der Waals surface area contributed by atoms with Crippen LogP contribution in [0.25, 0.3) is 0 Å². The van der Waals surface area contributed by atoms with Crippen LogP contribution in [0.3, 0.4) is 0 Å². The fourth-order valence-electron chi connectivity index (χ4n) is 0.471. The molecule has 80 valence electrons. The summed E-state index contributed by atoms with van der Waals surface area (Å²) < 4.78 is 4.18. The number of carbonyl (C=O) groups is 1. The Morgan fingerprint density at radius 2 is 1.77 bits per heavy atom. The standard InChI is InChI=1S/C4H13N3.C3H7NO2/c5-1-3-7-4-2-6;1-2-6-3(4)5/h7H,1-6H2;2H2,1H3,(H2,4,5). The minimum Gasteiger partial charge on any atom is -0.450 e. The molecule has 0 aromatic heterocycles. The largest absolute Gasteiger partial charge is 0.450 e. The fourth-order valence-corrected chi connectivity index (χ4v) is 0.471. The van der Waals surface area contributed by atoms with E-state index >= 15 is 0 Å². The number of hydrogen-bond acceptors (Lipinski definition) is 5. The number of primary amides is 1. The predicted molar refractivity (Wildman–Crippen MR) is 52.2 cm³/mol. The van der Waals surface area contributed by atoms with Crippen LogP contribution >= 0.6 is 0 Å². The van der Waals surface area contributed by atoms with Crippen LogP contribution in [0.15, 0.2) is 0 Å². The number of ether oxygens (including phenoxy) is 1. The molecule has 0 heterocycles. The Morgan fingerprint density at radius 1 is 1.31 bits per heavy atom. The van der Waals surface area contributed by atoms with Crippen LogP contribution in [-0.2, 0) is 4.74 Å². The van der Waals surface area contributed by atoms with Crippen molar-refractivity contribution in [2.45, 2.75) is 6.92 Å². The van der Waals surface area contributed by atoms with E-state index in [1.165, 1.54) is 0 Å². The minimum absolute atomic E-state index is 0.356. The van der Waals surface area contributed by atoms with Crippen molar-refractivity contribution in [3.05, 3.63) is 0 Å². The molecule has 6 nitrogen and oxygen atoms in total. The Balaban J connectivity index is 0. The Bertz CT molecular complexity index is 107. The molecule has 0 aliphatic heterocycles. The third-order valence-electron chi connectivity index (χ3n) is 0.929. The van der Waals surface area contributed by atoms with Gasteiger partial charge >= 0.3 is 6.09 Å². The molecule has 0 unspecified atom stereocenters. The number of nitrogens with one attached hydrogen (secondary N) is 1. The summed E-state index contributed by atoms with van der Waals surface area (Å²) in [6, 6.07) is 0. The maximum atomic E-state index is 9.60. The van der Waals surface area contributed by atoms with Crippen molar-refractivity contribution in [3.8, 4) is 0 Å². The van der Waals surface area contributed by atoms with Crippen LogP contribution in [0.5, 0.6) is 0 Å². The summed E-state index contributed by atoms with van der Waals surface area (Å²) in [6.07, 6.45) is -0.711. The molecule has 1 amide bonds. The van der Waals surface area contributed by atoms with E-state index in [4.69, 9.17) is 11.5 Å². The van der Waals surface area contributed by atoms with Crippen molar-refractivity contribution < 1.29 is 9.53 Å². The number of nitrogens with two attached hydrogens (primary N) is 3.